The van der Waals surface area contributed by atoms with Crippen LogP contribution in [0.15, 0.2) is 0 Å². The van der Waals surface area contributed by atoms with Gasteiger partial charge in [0.1, 0.15) is 15.6 Å². The zero-order chi connectivity index (χ0) is 14.4. The number of ether oxygens (including phenoxy) is 2. The van der Waals surface area contributed by atoms with E-state index in [1.807, 2.05) is 20.8 Å². The summed E-state index contributed by atoms with van der Waals surface area (Å²) in [5, 5.41) is 3.86. The second-order valence-electron chi connectivity index (χ2n) is 4.16. The molecule has 5 N–H and O–H groups in total. The summed E-state index contributed by atoms with van der Waals surface area (Å²) in [7, 11) is 0. The van der Waals surface area contributed by atoms with E-state index in [0.29, 0.717) is 41.1 Å². The molecule has 1 aromatic heterocycles. The van der Waals surface area contributed by atoms with Gasteiger partial charge < -0.3 is 26.3 Å². The maximum Gasteiger partial charge on any atom is 0.261 e. The van der Waals surface area contributed by atoms with Crippen molar-refractivity contribution in [1.82, 2.24) is 0 Å². The minimum Gasteiger partial charge on any atom is -0.486 e. The Kier molecular flexibility index (Phi) is 5.91. The molecule has 19 heavy (non-hydrogen) atoms. The number of hydrogen-bond acceptors (Lipinski definition) is 6. The lowest BCUT2D eigenvalue weighted by atomic mass is 10.3. The number of nitrogens with two attached hydrogens (primary N) is 2. The molecule has 0 fully saturated rings. The van der Waals surface area contributed by atoms with Crippen molar-refractivity contribution in [3.05, 3.63) is 4.88 Å². The molecule has 0 aliphatic carbocycles. The molecular weight excluding hydrogens is 266 g/mol. The van der Waals surface area contributed by atoms with E-state index in [-0.39, 0.29) is 6.10 Å². The standard InChI is InChI=1S/C12H21N3O3S/c1-4-17-6-5-15-12-9(18-7(2)3)8(13)10(19-12)11(14)16/h7,15H,4-6,13H2,1-3H3,(H2,14,16). The van der Waals surface area contributed by atoms with Gasteiger partial charge in [-0.05, 0) is 20.8 Å². The molecule has 6 nitrogen and oxygen atoms in total. The number of hydrogen-bond donors (Lipinski definition) is 3. The van der Waals surface area contributed by atoms with Crippen LogP contribution in [0.2, 0.25) is 0 Å². The molecule has 1 amide bonds. The first-order valence-corrected chi connectivity index (χ1v) is 6.99. The first-order chi connectivity index (χ1) is 8.97. The summed E-state index contributed by atoms with van der Waals surface area (Å²) in [5.74, 6) is -0.0562. The van der Waals surface area contributed by atoms with Crippen LogP contribution in [0.3, 0.4) is 0 Å². The number of thiophene rings is 1. The highest BCUT2D eigenvalue weighted by Crippen LogP contribution is 2.42. The summed E-state index contributed by atoms with van der Waals surface area (Å²) in [6, 6.07) is 0. The summed E-state index contributed by atoms with van der Waals surface area (Å²) in [6.07, 6.45) is -0.0370. The van der Waals surface area contributed by atoms with Crippen LogP contribution < -0.4 is 21.5 Å². The van der Waals surface area contributed by atoms with Gasteiger partial charge >= 0.3 is 0 Å². The van der Waals surface area contributed by atoms with Crippen LogP contribution in [0.5, 0.6) is 5.75 Å². The molecule has 0 aliphatic rings. The fourth-order valence-corrected chi connectivity index (χ4v) is 2.39. The number of primary amides is 1. The lowest BCUT2D eigenvalue weighted by molar-refractivity contribution is 0.100. The van der Waals surface area contributed by atoms with Crippen molar-refractivity contribution in [1.29, 1.82) is 0 Å². The van der Waals surface area contributed by atoms with Gasteiger partial charge in [0.25, 0.3) is 5.91 Å². The van der Waals surface area contributed by atoms with Gasteiger partial charge in [0, 0.05) is 13.2 Å². The van der Waals surface area contributed by atoms with Gasteiger partial charge in [-0.1, -0.05) is 0 Å². The summed E-state index contributed by atoms with van der Waals surface area (Å²) < 4.78 is 10.9. The van der Waals surface area contributed by atoms with E-state index in [0.717, 1.165) is 0 Å². The Labute approximate surface area is 117 Å². The summed E-state index contributed by atoms with van der Waals surface area (Å²) in [5.41, 5.74) is 11.5. The monoisotopic (exact) mass is 287 g/mol. The normalized spacial score (nSPS) is 10.7. The topological polar surface area (TPSA) is 99.6 Å². The molecule has 0 aliphatic heterocycles. The third kappa shape index (κ3) is 4.29. The zero-order valence-electron chi connectivity index (χ0n) is 11.5. The number of rotatable bonds is 8. The van der Waals surface area contributed by atoms with Crippen LogP contribution in [-0.4, -0.2) is 31.8 Å². The number of carbonyl (C=O) groups excluding carboxylic acids is 1. The molecule has 0 bridgehead atoms. The van der Waals surface area contributed by atoms with Gasteiger partial charge in [-0.15, -0.1) is 11.3 Å². The number of nitrogens with one attached hydrogen (secondary N) is 1. The molecular formula is C12H21N3O3S. The van der Waals surface area contributed by atoms with Crippen molar-refractivity contribution in [3.63, 3.8) is 0 Å². The molecule has 1 heterocycles. The zero-order valence-corrected chi connectivity index (χ0v) is 12.3. The van der Waals surface area contributed by atoms with Gasteiger partial charge in [0.15, 0.2) is 5.75 Å². The minimum absolute atomic E-state index is 0.0370. The fourth-order valence-electron chi connectivity index (χ4n) is 1.46. The van der Waals surface area contributed by atoms with Crippen LogP contribution in [0.25, 0.3) is 0 Å². The Hall–Kier alpha value is -1.47. The lowest BCUT2D eigenvalue weighted by Crippen LogP contribution is -2.12. The van der Waals surface area contributed by atoms with Crippen molar-refractivity contribution in [2.45, 2.75) is 26.9 Å². The number of amides is 1. The highest BCUT2D eigenvalue weighted by Gasteiger charge is 2.21. The average molecular weight is 287 g/mol. The van der Waals surface area contributed by atoms with Crippen molar-refractivity contribution < 1.29 is 14.3 Å². The van der Waals surface area contributed by atoms with Crippen LogP contribution in [0.1, 0.15) is 30.4 Å². The lowest BCUT2D eigenvalue weighted by Gasteiger charge is -2.12. The summed E-state index contributed by atoms with van der Waals surface area (Å²) in [4.78, 5) is 11.6. The molecule has 0 saturated carbocycles. The van der Waals surface area contributed by atoms with Gasteiger partial charge in [0.2, 0.25) is 0 Å². The fraction of sp³-hybridized carbons (Fsp3) is 0.583. The average Bonchev–Trinajstić information content (AvgIpc) is 2.63. The molecule has 0 aromatic carbocycles. The predicted molar refractivity (Wildman–Crippen MR) is 78.0 cm³/mol. The molecule has 0 spiro atoms. The summed E-state index contributed by atoms with van der Waals surface area (Å²) in [6.45, 7) is 7.57. The third-order valence-electron chi connectivity index (χ3n) is 2.21. The van der Waals surface area contributed by atoms with Crippen LogP contribution in [-0.2, 0) is 4.74 Å². The van der Waals surface area contributed by atoms with Crippen LogP contribution in [0, 0.1) is 0 Å². The Bertz CT molecular complexity index is 432. The molecule has 7 heteroatoms. The van der Waals surface area contributed by atoms with E-state index in [1.165, 1.54) is 11.3 Å². The SMILES string of the molecule is CCOCCNc1sc(C(N)=O)c(N)c1OC(C)C. The first kappa shape index (κ1) is 15.6. The van der Waals surface area contributed by atoms with Crippen LogP contribution >= 0.6 is 11.3 Å². The summed E-state index contributed by atoms with van der Waals surface area (Å²) >= 11 is 1.20. The Morgan fingerprint density at radius 1 is 1.47 bits per heavy atom. The second kappa shape index (κ2) is 7.20. The van der Waals surface area contributed by atoms with Crippen molar-refractivity contribution in [2.75, 3.05) is 30.8 Å². The molecule has 108 valence electrons. The largest absolute Gasteiger partial charge is 0.486 e. The molecule has 0 radical (unpaired) electrons. The quantitative estimate of drug-likeness (QED) is 0.631. The van der Waals surface area contributed by atoms with Gasteiger partial charge in [0.05, 0.1) is 12.7 Å². The number of nitrogen functional groups attached to an aromatic ring is 1. The van der Waals surface area contributed by atoms with Crippen LogP contribution in [0.4, 0.5) is 10.7 Å². The van der Waals surface area contributed by atoms with E-state index < -0.39 is 5.91 Å². The Morgan fingerprint density at radius 3 is 2.68 bits per heavy atom. The number of carbonyl (C=O) groups is 1. The highest BCUT2D eigenvalue weighted by atomic mass is 32.1. The third-order valence-corrected chi connectivity index (χ3v) is 3.37. The first-order valence-electron chi connectivity index (χ1n) is 6.17. The van der Waals surface area contributed by atoms with E-state index in [4.69, 9.17) is 20.9 Å². The van der Waals surface area contributed by atoms with Crippen molar-refractivity contribution in [3.8, 4) is 5.75 Å². The van der Waals surface area contributed by atoms with Crippen molar-refractivity contribution >= 4 is 27.9 Å². The molecule has 1 aromatic rings. The van der Waals surface area contributed by atoms with E-state index >= 15 is 0 Å². The molecule has 0 saturated heterocycles. The van der Waals surface area contributed by atoms with E-state index in [1.54, 1.807) is 0 Å². The Morgan fingerprint density at radius 2 is 2.16 bits per heavy atom. The highest BCUT2D eigenvalue weighted by molar-refractivity contribution is 7.19. The second-order valence-corrected chi connectivity index (χ2v) is 5.18. The van der Waals surface area contributed by atoms with E-state index in [2.05, 4.69) is 5.32 Å². The Balaban J connectivity index is 2.87. The predicted octanol–water partition coefficient (Wildman–Crippen LogP) is 1.66. The maximum absolute atomic E-state index is 11.3. The van der Waals surface area contributed by atoms with Gasteiger partial charge in [-0.25, -0.2) is 0 Å². The molecule has 1 rings (SSSR count). The van der Waals surface area contributed by atoms with E-state index in [9.17, 15) is 4.79 Å². The van der Waals surface area contributed by atoms with Crippen molar-refractivity contribution in [2.24, 2.45) is 5.73 Å². The maximum atomic E-state index is 11.3. The number of anilines is 2. The van der Waals surface area contributed by atoms with Gasteiger partial charge in [-0.3, -0.25) is 4.79 Å². The minimum atomic E-state index is -0.547. The molecule has 0 atom stereocenters. The molecule has 0 unspecified atom stereocenters. The smallest absolute Gasteiger partial charge is 0.261 e. The van der Waals surface area contributed by atoms with Gasteiger partial charge in [-0.2, -0.15) is 0 Å².